The van der Waals surface area contributed by atoms with Crippen molar-refractivity contribution in [1.82, 2.24) is 15.1 Å². The Hall–Kier alpha value is -3.41. The molecule has 2 aromatic heterocycles. The molecule has 4 aromatic rings. The molecule has 0 aliphatic rings. The molecular weight excluding hydrogens is 345 g/mol. The Bertz CT molecular complexity index is 1080. The van der Waals surface area contributed by atoms with Crippen LogP contribution in [0.2, 0.25) is 0 Å². The highest BCUT2D eigenvalue weighted by Gasteiger charge is 2.19. The predicted octanol–water partition coefficient (Wildman–Crippen LogP) is 4.04. The monoisotopic (exact) mass is 363 g/mol. The smallest absolute Gasteiger partial charge is 0.287 e. The number of aryl methyl sites for hydroxylation is 1. The number of para-hydroxylation sites is 1. The number of carbonyl (C=O) groups excluding carboxylic acids is 1. The first-order valence-corrected chi connectivity index (χ1v) is 8.68. The summed E-state index contributed by atoms with van der Waals surface area (Å²) in [7, 11) is 0. The van der Waals surface area contributed by atoms with Crippen molar-refractivity contribution in [2.45, 2.75) is 13.3 Å². The van der Waals surface area contributed by atoms with Crippen LogP contribution in [0.3, 0.4) is 0 Å². The number of nitrogens with one attached hydrogen (secondary N) is 1. The van der Waals surface area contributed by atoms with Crippen molar-refractivity contribution >= 4 is 16.9 Å². The van der Waals surface area contributed by atoms with E-state index in [4.69, 9.17) is 4.42 Å². The third-order valence-electron chi connectivity index (χ3n) is 4.53. The number of aromatic nitrogens is 2. The van der Waals surface area contributed by atoms with Gasteiger partial charge in [0.05, 0.1) is 5.69 Å². The summed E-state index contributed by atoms with van der Waals surface area (Å²) in [6, 6.07) is 14.5. The Morgan fingerprint density at radius 3 is 2.70 bits per heavy atom. The molecule has 6 heteroatoms. The van der Waals surface area contributed by atoms with E-state index in [0.29, 0.717) is 23.9 Å². The van der Waals surface area contributed by atoms with Gasteiger partial charge in [0.25, 0.3) is 5.91 Å². The van der Waals surface area contributed by atoms with Gasteiger partial charge in [-0.05, 0) is 43.2 Å². The van der Waals surface area contributed by atoms with Crippen molar-refractivity contribution in [3.05, 3.63) is 83.6 Å². The summed E-state index contributed by atoms with van der Waals surface area (Å²) in [5, 5.41) is 7.65. The highest BCUT2D eigenvalue weighted by molar-refractivity contribution is 5.99. The molecule has 1 N–H and O–H groups in total. The van der Waals surface area contributed by atoms with Crippen molar-refractivity contribution in [3.63, 3.8) is 0 Å². The number of hydrogen-bond donors (Lipinski definition) is 1. The molecule has 0 radical (unpaired) electrons. The van der Waals surface area contributed by atoms with Crippen LogP contribution in [0.25, 0.3) is 16.7 Å². The summed E-state index contributed by atoms with van der Waals surface area (Å²) >= 11 is 0. The minimum Gasteiger partial charge on any atom is -0.448 e. The molecule has 0 bridgehead atoms. The maximum absolute atomic E-state index is 13.8. The maximum Gasteiger partial charge on any atom is 0.287 e. The summed E-state index contributed by atoms with van der Waals surface area (Å²) in [6.07, 6.45) is 4.29. The first-order chi connectivity index (χ1) is 13.1. The first kappa shape index (κ1) is 17.0. The Balaban J connectivity index is 1.40. The van der Waals surface area contributed by atoms with Crippen molar-refractivity contribution in [1.29, 1.82) is 0 Å². The molecule has 0 unspecified atom stereocenters. The summed E-state index contributed by atoms with van der Waals surface area (Å²) in [5.41, 5.74) is 2.84. The number of furan rings is 1. The van der Waals surface area contributed by atoms with Crippen molar-refractivity contribution in [3.8, 4) is 5.69 Å². The number of nitrogens with zero attached hydrogens (tertiary/aromatic N) is 2. The zero-order chi connectivity index (χ0) is 18.8. The van der Waals surface area contributed by atoms with Crippen molar-refractivity contribution < 1.29 is 13.6 Å². The van der Waals surface area contributed by atoms with Gasteiger partial charge in [-0.1, -0.05) is 24.3 Å². The number of hydrogen-bond acceptors (Lipinski definition) is 3. The van der Waals surface area contributed by atoms with E-state index in [-0.39, 0.29) is 17.3 Å². The molecule has 2 aromatic carbocycles. The summed E-state index contributed by atoms with van der Waals surface area (Å²) in [6.45, 7) is 2.22. The standard InChI is InChI=1S/C21H18FN3O2/c1-14-17-4-2-5-18(22)20(17)27-19(14)21(26)23-12-10-15-6-8-16(9-7-15)25-13-3-11-24-25/h2-9,11,13H,10,12H2,1H3,(H,23,26). The van der Waals surface area contributed by atoms with E-state index in [1.807, 2.05) is 36.5 Å². The molecule has 4 rings (SSSR count). The molecule has 0 fully saturated rings. The average Bonchev–Trinajstić information content (AvgIpc) is 3.32. The van der Waals surface area contributed by atoms with E-state index in [0.717, 1.165) is 11.3 Å². The third-order valence-corrected chi connectivity index (χ3v) is 4.53. The van der Waals surface area contributed by atoms with Crippen LogP contribution >= 0.6 is 0 Å². The minimum atomic E-state index is -0.466. The SMILES string of the molecule is Cc1c(C(=O)NCCc2ccc(-n3cccn3)cc2)oc2c(F)cccc12. The van der Waals surface area contributed by atoms with Crippen molar-refractivity contribution in [2.24, 2.45) is 0 Å². The lowest BCUT2D eigenvalue weighted by atomic mass is 10.1. The molecule has 0 saturated carbocycles. The Kier molecular flexibility index (Phi) is 4.46. The number of fused-ring (bicyclic) bond motifs is 1. The van der Waals surface area contributed by atoms with Gasteiger partial charge in [-0.25, -0.2) is 9.07 Å². The van der Waals surface area contributed by atoms with Crippen LogP contribution in [0.4, 0.5) is 4.39 Å². The number of amides is 1. The van der Waals surface area contributed by atoms with Gasteiger partial charge in [-0.15, -0.1) is 0 Å². The van der Waals surface area contributed by atoms with E-state index < -0.39 is 5.82 Å². The van der Waals surface area contributed by atoms with Gasteiger partial charge in [-0.2, -0.15) is 5.10 Å². The highest BCUT2D eigenvalue weighted by Crippen LogP contribution is 2.27. The van der Waals surface area contributed by atoms with Gasteiger partial charge in [0.15, 0.2) is 17.2 Å². The Morgan fingerprint density at radius 2 is 2.00 bits per heavy atom. The molecular formula is C21H18FN3O2. The van der Waals surface area contributed by atoms with Crippen LogP contribution in [0.5, 0.6) is 0 Å². The van der Waals surface area contributed by atoms with Crippen LogP contribution in [-0.4, -0.2) is 22.2 Å². The molecule has 0 spiro atoms. The van der Waals surface area contributed by atoms with E-state index in [2.05, 4.69) is 10.4 Å². The first-order valence-electron chi connectivity index (χ1n) is 8.68. The Labute approximate surface area is 155 Å². The molecule has 1 amide bonds. The topological polar surface area (TPSA) is 60.1 Å². The molecule has 0 aliphatic heterocycles. The average molecular weight is 363 g/mol. The normalized spacial score (nSPS) is 11.0. The van der Waals surface area contributed by atoms with E-state index >= 15 is 0 Å². The van der Waals surface area contributed by atoms with Gasteiger partial charge in [-0.3, -0.25) is 4.79 Å². The second kappa shape index (κ2) is 7.07. The fraction of sp³-hybridized carbons (Fsp3) is 0.143. The third kappa shape index (κ3) is 3.33. The van der Waals surface area contributed by atoms with E-state index in [1.54, 1.807) is 29.9 Å². The predicted molar refractivity (Wildman–Crippen MR) is 101 cm³/mol. The summed E-state index contributed by atoms with van der Waals surface area (Å²) in [4.78, 5) is 12.4. The van der Waals surface area contributed by atoms with Crippen molar-refractivity contribution in [2.75, 3.05) is 6.54 Å². The van der Waals surface area contributed by atoms with E-state index in [9.17, 15) is 9.18 Å². The lowest BCUT2D eigenvalue weighted by Crippen LogP contribution is -2.25. The molecule has 27 heavy (non-hydrogen) atoms. The van der Waals surface area contributed by atoms with Crippen LogP contribution in [0.15, 0.2) is 65.3 Å². The van der Waals surface area contributed by atoms with Crippen LogP contribution in [0, 0.1) is 12.7 Å². The quantitative estimate of drug-likeness (QED) is 0.582. The number of rotatable bonds is 5. The second-order valence-electron chi connectivity index (χ2n) is 6.30. The zero-order valence-electron chi connectivity index (χ0n) is 14.8. The van der Waals surface area contributed by atoms with Gasteiger partial charge in [0.1, 0.15) is 0 Å². The second-order valence-corrected chi connectivity index (χ2v) is 6.30. The lowest BCUT2D eigenvalue weighted by Gasteiger charge is -2.06. The molecule has 5 nitrogen and oxygen atoms in total. The fourth-order valence-corrected chi connectivity index (χ4v) is 3.06. The van der Waals surface area contributed by atoms with Gasteiger partial charge >= 0.3 is 0 Å². The fourth-order valence-electron chi connectivity index (χ4n) is 3.06. The van der Waals surface area contributed by atoms with E-state index in [1.165, 1.54) is 6.07 Å². The van der Waals surface area contributed by atoms with Gasteiger partial charge in [0.2, 0.25) is 0 Å². The number of carbonyl (C=O) groups is 1. The summed E-state index contributed by atoms with van der Waals surface area (Å²) in [5.74, 6) is -0.646. The number of halogens is 1. The summed E-state index contributed by atoms with van der Waals surface area (Å²) < 4.78 is 21.1. The largest absolute Gasteiger partial charge is 0.448 e. The molecule has 0 aliphatic carbocycles. The molecule has 2 heterocycles. The zero-order valence-corrected chi connectivity index (χ0v) is 14.8. The minimum absolute atomic E-state index is 0.120. The highest BCUT2D eigenvalue weighted by atomic mass is 19.1. The van der Waals surface area contributed by atoms with Crippen LogP contribution in [0.1, 0.15) is 21.7 Å². The van der Waals surface area contributed by atoms with Gasteiger partial charge in [0, 0.05) is 29.9 Å². The Morgan fingerprint density at radius 1 is 1.19 bits per heavy atom. The maximum atomic E-state index is 13.8. The molecule has 0 saturated heterocycles. The molecule has 0 atom stereocenters. The molecule has 136 valence electrons. The van der Waals surface area contributed by atoms with Gasteiger partial charge < -0.3 is 9.73 Å². The number of benzene rings is 2. The lowest BCUT2D eigenvalue weighted by molar-refractivity contribution is 0.0927. The van der Waals surface area contributed by atoms with Crippen LogP contribution < -0.4 is 5.32 Å². The van der Waals surface area contributed by atoms with Crippen LogP contribution in [-0.2, 0) is 6.42 Å².